The van der Waals surface area contributed by atoms with Crippen LogP contribution in [0.15, 0.2) is 30.3 Å². The minimum Gasteiger partial charge on any atom is -0.452 e. The average Bonchev–Trinajstić information content (AvgIpc) is 2.91. The van der Waals surface area contributed by atoms with Crippen LogP contribution < -0.4 is 10.7 Å². The van der Waals surface area contributed by atoms with Gasteiger partial charge in [0.05, 0.1) is 0 Å². The molecule has 1 heterocycles. The Hall–Kier alpha value is -2.87. The third kappa shape index (κ3) is 4.95. The van der Waals surface area contributed by atoms with Gasteiger partial charge < -0.3 is 10.1 Å². The van der Waals surface area contributed by atoms with Crippen LogP contribution in [0, 0.1) is 5.92 Å². The Morgan fingerprint density at radius 2 is 2.07 bits per heavy atom. The molecule has 2 aliphatic rings. The molecule has 1 aromatic rings. The summed E-state index contributed by atoms with van der Waals surface area (Å²) >= 11 is 5.86. The number of halogens is 1. The fourth-order valence-electron chi connectivity index (χ4n) is 3.43. The molecule has 0 bridgehead atoms. The second kappa shape index (κ2) is 8.65. The number of urea groups is 1. The number of hydrogen-bond donors (Lipinski definition) is 2. The Kier molecular flexibility index (Phi) is 6.22. The van der Waals surface area contributed by atoms with Gasteiger partial charge >= 0.3 is 12.0 Å². The molecule has 154 valence electrons. The first-order valence-corrected chi connectivity index (χ1v) is 9.73. The maximum Gasteiger partial charge on any atom is 0.344 e. The minimum atomic E-state index is -0.951. The van der Waals surface area contributed by atoms with Crippen molar-refractivity contribution in [1.29, 1.82) is 0 Å². The van der Waals surface area contributed by atoms with E-state index in [1.165, 1.54) is 6.08 Å². The predicted octanol–water partition coefficient (Wildman–Crippen LogP) is 2.43. The Balaban J connectivity index is 1.49. The summed E-state index contributed by atoms with van der Waals surface area (Å²) in [5, 5.41) is 3.90. The highest BCUT2D eigenvalue weighted by Gasteiger charge is 2.52. The minimum absolute atomic E-state index is 0.477. The lowest BCUT2D eigenvalue weighted by Crippen LogP contribution is -2.52. The molecule has 8 nitrogen and oxygen atoms in total. The highest BCUT2D eigenvalue weighted by atomic mass is 35.5. The third-order valence-corrected chi connectivity index (χ3v) is 5.37. The maximum absolute atomic E-state index is 12.7. The summed E-state index contributed by atoms with van der Waals surface area (Å²) in [6.45, 7) is 1.47. The molecular formula is C20H22ClN3O5. The zero-order valence-electron chi connectivity index (χ0n) is 15.9. The van der Waals surface area contributed by atoms with E-state index in [0.717, 1.165) is 18.9 Å². The van der Waals surface area contributed by atoms with Crippen molar-refractivity contribution in [1.82, 2.24) is 15.8 Å². The van der Waals surface area contributed by atoms with Gasteiger partial charge in [-0.15, -0.1) is 0 Å². The first-order chi connectivity index (χ1) is 13.8. The number of nitrogens with zero attached hydrogens (tertiary/aromatic N) is 1. The van der Waals surface area contributed by atoms with Crippen LogP contribution in [0.3, 0.4) is 0 Å². The molecule has 0 aromatic heterocycles. The summed E-state index contributed by atoms with van der Waals surface area (Å²) in [4.78, 5) is 48.6. The number of amides is 4. The van der Waals surface area contributed by atoms with E-state index >= 15 is 0 Å². The van der Waals surface area contributed by atoms with Crippen LogP contribution in [-0.2, 0) is 19.1 Å². The second-order valence-corrected chi connectivity index (χ2v) is 7.80. The SMILES string of the molecule is CC1CCC2(CC1)NC(=O)N(NC(=O)COC(=O)/C=C/c1cccc(Cl)c1)C2=O. The van der Waals surface area contributed by atoms with Gasteiger partial charge in [-0.25, -0.2) is 9.59 Å². The number of nitrogens with one attached hydrogen (secondary N) is 2. The number of carbonyl (C=O) groups excluding carboxylic acids is 4. The molecule has 1 aromatic carbocycles. The molecule has 9 heteroatoms. The summed E-state index contributed by atoms with van der Waals surface area (Å²) in [7, 11) is 0. The van der Waals surface area contributed by atoms with Crippen molar-refractivity contribution >= 4 is 41.5 Å². The van der Waals surface area contributed by atoms with E-state index in [2.05, 4.69) is 17.7 Å². The largest absolute Gasteiger partial charge is 0.452 e. The van der Waals surface area contributed by atoms with Gasteiger partial charge in [0.2, 0.25) is 0 Å². The van der Waals surface area contributed by atoms with Crippen LogP contribution in [0.2, 0.25) is 5.02 Å². The van der Waals surface area contributed by atoms with Gasteiger partial charge in [0.1, 0.15) is 5.54 Å². The summed E-state index contributed by atoms with van der Waals surface area (Å²) in [5.74, 6) is -1.50. The zero-order chi connectivity index (χ0) is 21.0. The molecule has 4 amide bonds. The van der Waals surface area contributed by atoms with Crippen molar-refractivity contribution < 1.29 is 23.9 Å². The molecule has 3 rings (SSSR count). The van der Waals surface area contributed by atoms with E-state index in [9.17, 15) is 19.2 Å². The van der Waals surface area contributed by atoms with E-state index in [4.69, 9.17) is 16.3 Å². The van der Waals surface area contributed by atoms with Crippen LogP contribution in [0.25, 0.3) is 6.08 Å². The van der Waals surface area contributed by atoms with Crippen molar-refractivity contribution in [3.8, 4) is 0 Å². The van der Waals surface area contributed by atoms with Gasteiger partial charge in [0.15, 0.2) is 6.61 Å². The van der Waals surface area contributed by atoms with Crippen LogP contribution in [0.5, 0.6) is 0 Å². The average molecular weight is 420 g/mol. The fraction of sp³-hybridized carbons (Fsp3) is 0.400. The highest BCUT2D eigenvalue weighted by Crippen LogP contribution is 2.35. The second-order valence-electron chi connectivity index (χ2n) is 7.37. The van der Waals surface area contributed by atoms with E-state index in [-0.39, 0.29) is 0 Å². The Labute approximate surface area is 173 Å². The molecule has 0 unspecified atom stereocenters. The number of benzene rings is 1. The van der Waals surface area contributed by atoms with E-state index in [0.29, 0.717) is 34.4 Å². The van der Waals surface area contributed by atoms with Gasteiger partial charge in [-0.3, -0.25) is 15.0 Å². The molecule has 0 radical (unpaired) electrons. The van der Waals surface area contributed by atoms with Crippen LogP contribution in [-0.4, -0.2) is 41.0 Å². The molecular weight excluding hydrogens is 398 g/mol. The molecule has 1 aliphatic carbocycles. The van der Waals surface area contributed by atoms with Gasteiger partial charge in [-0.05, 0) is 55.4 Å². The van der Waals surface area contributed by atoms with Crippen molar-refractivity contribution in [2.24, 2.45) is 5.92 Å². The lowest BCUT2D eigenvalue weighted by atomic mass is 9.77. The molecule has 1 saturated heterocycles. The lowest BCUT2D eigenvalue weighted by Gasteiger charge is -2.33. The lowest BCUT2D eigenvalue weighted by molar-refractivity contribution is -0.147. The molecule has 2 fully saturated rings. The Morgan fingerprint density at radius 1 is 1.34 bits per heavy atom. The smallest absolute Gasteiger partial charge is 0.344 e. The molecule has 1 saturated carbocycles. The zero-order valence-corrected chi connectivity index (χ0v) is 16.7. The fourth-order valence-corrected chi connectivity index (χ4v) is 3.63. The highest BCUT2D eigenvalue weighted by molar-refractivity contribution is 6.30. The number of esters is 1. The third-order valence-electron chi connectivity index (χ3n) is 5.13. The van der Waals surface area contributed by atoms with Crippen molar-refractivity contribution in [2.45, 2.75) is 38.1 Å². The summed E-state index contributed by atoms with van der Waals surface area (Å²) in [6, 6.07) is 6.18. The van der Waals surface area contributed by atoms with Crippen molar-refractivity contribution in [3.05, 3.63) is 40.9 Å². The molecule has 2 N–H and O–H groups in total. The standard InChI is InChI=1S/C20H22ClN3O5/c1-13-7-9-20(10-8-13)18(27)24(19(28)22-20)23-16(25)12-29-17(26)6-5-14-3-2-4-15(21)11-14/h2-6,11,13H,7-10,12H2,1H3,(H,22,28)(H,23,25)/b6-5+. The quantitative estimate of drug-likeness (QED) is 0.433. The molecule has 1 aliphatic heterocycles. The molecule has 0 atom stereocenters. The number of rotatable bonds is 5. The van der Waals surface area contributed by atoms with Gasteiger partial charge in [0, 0.05) is 11.1 Å². The van der Waals surface area contributed by atoms with Crippen LogP contribution >= 0.6 is 11.6 Å². The topological polar surface area (TPSA) is 105 Å². The van der Waals surface area contributed by atoms with Crippen molar-refractivity contribution in [3.63, 3.8) is 0 Å². The normalized spacial score (nSPS) is 24.1. The molecule has 29 heavy (non-hydrogen) atoms. The first-order valence-electron chi connectivity index (χ1n) is 9.36. The Morgan fingerprint density at radius 3 is 2.76 bits per heavy atom. The summed E-state index contributed by atoms with van der Waals surface area (Å²) < 4.78 is 4.85. The summed E-state index contributed by atoms with van der Waals surface area (Å²) in [6.07, 6.45) is 5.37. The first kappa shape index (κ1) is 20.9. The van der Waals surface area contributed by atoms with Gasteiger partial charge in [-0.2, -0.15) is 5.01 Å². The van der Waals surface area contributed by atoms with E-state index < -0.39 is 36.0 Å². The Bertz CT molecular complexity index is 861. The monoisotopic (exact) mass is 419 g/mol. The number of hydrazine groups is 1. The molecule has 1 spiro atoms. The van der Waals surface area contributed by atoms with Crippen LogP contribution in [0.1, 0.15) is 38.2 Å². The number of imide groups is 1. The predicted molar refractivity (Wildman–Crippen MR) is 105 cm³/mol. The summed E-state index contributed by atoms with van der Waals surface area (Å²) in [5.41, 5.74) is 1.96. The van der Waals surface area contributed by atoms with Crippen LogP contribution in [0.4, 0.5) is 4.79 Å². The van der Waals surface area contributed by atoms with Crippen molar-refractivity contribution in [2.75, 3.05) is 6.61 Å². The van der Waals surface area contributed by atoms with E-state index in [1.807, 2.05) is 0 Å². The number of hydrogen-bond acceptors (Lipinski definition) is 5. The van der Waals surface area contributed by atoms with Gasteiger partial charge in [0.25, 0.3) is 11.8 Å². The number of carbonyl (C=O) groups is 4. The van der Waals surface area contributed by atoms with E-state index in [1.54, 1.807) is 24.3 Å². The maximum atomic E-state index is 12.7. The van der Waals surface area contributed by atoms with Gasteiger partial charge in [-0.1, -0.05) is 30.7 Å². The number of ether oxygens (including phenoxy) is 1.